The number of morpholine rings is 1. The van der Waals surface area contributed by atoms with Crippen molar-refractivity contribution in [3.05, 3.63) is 46.4 Å². The average molecular weight is 408 g/mol. The van der Waals surface area contributed by atoms with Crippen molar-refractivity contribution in [3.8, 4) is 5.75 Å². The van der Waals surface area contributed by atoms with E-state index in [0.717, 1.165) is 4.68 Å². The average Bonchev–Trinajstić information content (AvgIpc) is 2.70. The van der Waals surface area contributed by atoms with Crippen LogP contribution in [0.15, 0.2) is 40.0 Å². The number of methoxy groups -OCH3 is 1. The minimum Gasteiger partial charge on any atom is -0.495 e. The molecule has 10 nitrogen and oxygen atoms in total. The maximum atomic E-state index is 13.0. The van der Waals surface area contributed by atoms with E-state index in [1.54, 1.807) is 0 Å². The van der Waals surface area contributed by atoms with Gasteiger partial charge in [-0.1, -0.05) is 0 Å². The van der Waals surface area contributed by atoms with Gasteiger partial charge in [0.05, 0.1) is 20.3 Å². The monoisotopic (exact) mass is 408 g/mol. The van der Waals surface area contributed by atoms with E-state index in [2.05, 4.69) is 10.4 Å². The van der Waals surface area contributed by atoms with Gasteiger partial charge in [0.1, 0.15) is 16.3 Å². The molecule has 0 radical (unpaired) electrons. The van der Waals surface area contributed by atoms with Gasteiger partial charge in [0.25, 0.3) is 11.5 Å². The summed E-state index contributed by atoms with van der Waals surface area (Å²) in [5.74, 6) is -0.403. The summed E-state index contributed by atoms with van der Waals surface area (Å²) in [7, 11) is -1.02. The quantitative estimate of drug-likeness (QED) is 0.743. The van der Waals surface area contributed by atoms with Crippen molar-refractivity contribution >= 4 is 21.6 Å². The molecule has 1 aromatic carbocycles. The van der Waals surface area contributed by atoms with Crippen LogP contribution < -0.4 is 15.6 Å². The summed E-state index contributed by atoms with van der Waals surface area (Å²) in [6, 6.07) is 6.86. The molecule has 1 aliphatic heterocycles. The van der Waals surface area contributed by atoms with E-state index in [1.165, 1.54) is 48.8 Å². The van der Waals surface area contributed by atoms with Crippen molar-refractivity contribution in [2.45, 2.75) is 4.90 Å². The van der Waals surface area contributed by atoms with Crippen molar-refractivity contribution in [2.75, 3.05) is 38.7 Å². The molecule has 0 aliphatic carbocycles. The van der Waals surface area contributed by atoms with Crippen molar-refractivity contribution in [1.82, 2.24) is 14.1 Å². The SMILES string of the molecule is COc1ccc(NC(=O)c2ccc(=O)n(C)n2)cc1S(=O)(=O)N1CCOCC1. The highest BCUT2D eigenvalue weighted by Crippen LogP contribution is 2.30. The molecule has 0 atom stereocenters. The second kappa shape index (κ2) is 8.09. The van der Waals surface area contributed by atoms with Gasteiger partial charge in [0.15, 0.2) is 0 Å². The lowest BCUT2D eigenvalue weighted by Gasteiger charge is -2.26. The molecule has 150 valence electrons. The summed E-state index contributed by atoms with van der Waals surface area (Å²) in [6.07, 6.45) is 0. The lowest BCUT2D eigenvalue weighted by Crippen LogP contribution is -2.40. The zero-order valence-corrected chi connectivity index (χ0v) is 16.2. The Balaban J connectivity index is 1.91. The summed E-state index contributed by atoms with van der Waals surface area (Å²) in [5.41, 5.74) is -0.0660. The molecule has 0 unspecified atom stereocenters. The molecule has 1 aliphatic rings. The number of sulfonamides is 1. The smallest absolute Gasteiger partial charge is 0.276 e. The highest BCUT2D eigenvalue weighted by Gasteiger charge is 2.29. The number of carbonyl (C=O) groups is 1. The van der Waals surface area contributed by atoms with Crippen LogP contribution in [-0.2, 0) is 21.8 Å². The number of anilines is 1. The standard InChI is InChI=1S/C17H20N4O6S/c1-20-16(22)6-4-13(19-20)17(23)18-12-3-5-14(26-2)15(11-12)28(24,25)21-7-9-27-10-8-21/h3-6,11H,7-10H2,1-2H3,(H,18,23). The molecular weight excluding hydrogens is 388 g/mol. The topological polar surface area (TPSA) is 120 Å². The molecule has 28 heavy (non-hydrogen) atoms. The zero-order chi connectivity index (χ0) is 20.3. The Morgan fingerprint density at radius 3 is 2.57 bits per heavy atom. The number of aryl methyl sites for hydroxylation is 1. The Hall–Kier alpha value is -2.76. The molecule has 11 heteroatoms. The van der Waals surface area contributed by atoms with E-state index in [9.17, 15) is 18.0 Å². The van der Waals surface area contributed by atoms with Crippen LogP contribution in [0.3, 0.4) is 0 Å². The number of amides is 1. The van der Waals surface area contributed by atoms with Gasteiger partial charge in [-0.2, -0.15) is 9.40 Å². The third-order valence-electron chi connectivity index (χ3n) is 4.20. The first-order valence-corrected chi connectivity index (χ1v) is 9.88. The predicted molar refractivity (Wildman–Crippen MR) is 100 cm³/mol. The fraction of sp³-hybridized carbons (Fsp3) is 0.353. The number of nitrogens with one attached hydrogen (secondary N) is 1. The highest BCUT2D eigenvalue weighted by molar-refractivity contribution is 7.89. The van der Waals surface area contributed by atoms with Crippen LogP contribution in [0.4, 0.5) is 5.69 Å². The van der Waals surface area contributed by atoms with Gasteiger partial charge in [-0.3, -0.25) is 9.59 Å². The number of ether oxygens (including phenoxy) is 2. The second-order valence-electron chi connectivity index (χ2n) is 6.02. The van der Waals surface area contributed by atoms with Gasteiger partial charge in [-0.25, -0.2) is 13.1 Å². The Bertz CT molecular complexity index is 1040. The van der Waals surface area contributed by atoms with Gasteiger partial charge in [-0.15, -0.1) is 0 Å². The number of hydrogen-bond acceptors (Lipinski definition) is 7. The van der Waals surface area contributed by atoms with E-state index in [-0.39, 0.29) is 40.7 Å². The van der Waals surface area contributed by atoms with Gasteiger partial charge in [0.2, 0.25) is 10.0 Å². The lowest BCUT2D eigenvalue weighted by atomic mass is 10.3. The van der Waals surface area contributed by atoms with Gasteiger partial charge in [-0.05, 0) is 24.3 Å². The van der Waals surface area contributed by atoms with Crippen molar-refractivity contribution in [3.63, 3.8) is 0 Å². The van der Waals surface area contributed by atoms with Gasteiger partial charge in [0, 0.05) is 31.9 Å². The first kappa shape index (κ1) is 20.0. The van der Waals surface area contributed by atoms with Crippen LogP contribution in [-0.4, -0.2) is 61.8 Å². The molecule has 1 fully saturated rings. The molecule has 0 spiro atoms. The third kappa shape index (κ3) is 4.06. The van der Waals surface area contributed by atoms with E-state index in [1.807, 2.05) is 0 Å². The van der Waals surface area contributed by atoms with Gasteiger partial charge < -0.3 is 14.8 Å². The summed E-state index contributed by atoms with van der Waals surface area (Å²) < 4.78 is 38.7. The van der Waals surface area contributed by atoms with Crippen LogP contribution in [0.5, 0.6) is 5.75 Å². The molecule has 1 amide bonds. The molecule has 2 heterocycles. The van der Waals surface area contributed by atoms with E-state index < -0.39 is 15.9 Å². The number of carbonyl (C=O) groups excluding carboxylic acids is 1. The number of nitrogens with zero attached hydrogens (tertiary/aromatic N) is 3. The normalized spacial score (nSPS) is 15.2. The summed E-state index contributed by atoms with van der Waals surface area (Å²) in [4.78, 5) is 23.7. The molecule has 2 aromatic rings. The molecule has 0 saturated carbocycles. The van der Waals surface area contributed by atoms with E-state index >= 15 is 0 Å². The third-order valence-corrected chi connectivity index (χ3v) is 6.12. The molecule has 1 aromatic heterocycles. The van der Waals surface area contributed by atoms with Crippen LogP contribution in [0.1, 0.15) is 10.5 Å². The number of rotatable bonds is 5. The summed E-state index contributed by atoms with van der Waals surface area (Å²) >= 11 is 0. The predicted octanol–water partition coefficient (Wildman–Crippen LogP) is 0.0621. The van der Waals surface area contributed by atoms with Crippen molar-refractivity contribution in [1.29, 1.82) is 0 Å². The van der Waals surface area contributed by atoms with Crippen LogP contribution in [0.25, 0.3) is 0 Å². The van der Waals surface area contributed by atoms with Gasteiger partial charge >= 0.3 is 0 Å². The maximum absolute atomic E-state index is 13.0. The first-order chi connectivity index (χ1) is 13.3. The fourth-order valence-corrected chi connectivity index (χ4v) is 4.29. The van der Waals surface area contributed by atoms with Crippen molar-refractivity contribution < 1.29 is 22.7 Å². The Morgan fingerprint density at radius 1 is 1.21 bits per heavy atom. The maximum Gasteiger partial charge on any atom is 0.276 e. The second-order valence-corrected chi connectivity index (χ2v) is 7.92. The van der Waals surface area contributed by atoms with Crippen LogP contribution in [0.2, 0.25) is 0 Å². The molecule has 1 saturated heterocycles. The number of aromatic nitrogens is 2. The Morgan fingerprint density at radius 2 is 1.93 bits per heavy atom. The minimum absolute atomic E-state index is 0.0236. The molecular formula is C17H20N4O6S. The first-order valence-electron chi connectivity index (χ1n) is 8.44. The number of hydrogen-bond donors (Lipinski definition) is 1. The minimum atomic E-state index is -3.82. The lowest BCUT2D eigenvalue weighted by molar-refractivity contribution is 0.0729. The van der Waals surface area contributed by atoms with Crippen molar-refractivity contribution in [2.24, 2.45) is 7.05 Å². The Labute approximate surface area is 161 Å². The van der Waals surface area contributed by atoms with E-state index in [4.69, 9.17) is 9.47 Å². The van der Waals surface area contributed by atoms with E-state index in [0.29, 0.717) is 13.2 Å². The highest BCUT2D eigenvalue weighted by atomic mass is 32.2. The Kier molecular flexibility index (Phi) is 5.77. The fourth-order valence-electron chi connectivity index (χ4n) is 2.70. The molecule has 3 rings (SSSR count). The molecule has 1 N–H and O–H groups in total. The largest absolute Gasteiger partial charge is 0.495 e. The summed E-state index contributed by atoms with van der Waals surface area (Å²) in [6.45, 7) is 1.11. The molecule has 0 bridgehead atoms. The number of benzene rings is 1. The zero-order valence-electron chi connectivity index (χ0n) is 15.4. The van der Waals surface area contributed by atoms with Crippen LogP contribution in [0, 0.1) is 0 Å². The summed E-state index contributed by atoms with van der Waals surface area (Å²) in [5, 5.41) is 6.47. The van der Waals surface area contributed by atoms with Crippen LogP contribution >= 0.6 is 0 Å².